The molecule has 0 aliphatic carbocycles. The maximum absolute atomic E-state index is 4.21. The Balaban J connectivity index is 2.16. The van der Waals surface area contributed by atoms with E-state index < -0.39 is 0 Å². The van der Waals surface area contributed by atoms with Gasteiger partial charge in [-0.25, -0.2) is 0 Å². The first kappa shape index (κ1) is 8.39. The van der Waals surface area contributed by atoms with Crippen LogP contribution in [0, 0.1) is 0 Å². The van der Waals surface area contributed by atoms with E-state index in [1.807, 2.05) is 36.4 Å². The molecule has 2 heterocycles. The third-order valence-corrected chi connectivity index (χ3v) is 2.47. The summed E-state index contributed by atoms with van der Waals surface area (Å²) in [5.74, 6) is 0. The van der Waals surface area contributed by atoms with Crippen molar-refractivity contribution in [2.24, 2.45) is 0 Å². The van der Waals surface area contributed by atoms with E-state index in [1.54, 1.807) is 12.4 Å². The average Bonchev–Trinajstić information content (AvgIpc) is 2.21. The van der Waals surface area contributed by atoms with Crippen LogP contribution >= 0.6 is 0 Å². The first-order valence-electron chi connectivity index (χ1n) is 3.86. The Morgan fingerprint density at radius 3 is 1.69 bits per heavy atom. The van der Waals surface area contributed by atoms with Crippen LogP contribution in [0.3, 0.4) is 0 Å². The molecule has 0 spiro atoms. The van der Waals surface area contributed by atoms with Crippen molar-refractivity contribution in [3.05, 3.63) is 48.8 Å². The van der Waals surface area contributed by atoms with Gasteiger partial charge in [-0.2, -0.15) is 0 Å². The molecule has 0 amide bonds. The minimum absolute atomic E-state index is 0.994. The Bertz CT molecular complexity index is 324. The number of aromatic nitrogens is 2. The fourth-order valence-corrected chi connectivity index (χ4v) is 1.73. The molecule has 0 bridgehead atoms. The molecule has 2 aromatic heterocycles. The molecule has 2 nitrogen and oxygen atoms in total. The summed E-state index contributed by atoms with van der Waals surface area (Å²) in [4.78, 5) is 8.41. The summed E-state index contributed by atoms with van der Waals surface area (Å²) in [6.45, 7) is 0. The van der Waals surface area contributed by atoms with E-state index in [2.05, 4.69) is 9.97 Å². The summed E-state index contributed by atoms with van der Waals surface area (Å²) in [7, 11) is 0. The van der Waals surface area contributed by atoms with E-state index in [9.17, 15) is 0 Å². The predicted octanol–water partition coefficient (Wildman–Crippen LogP) is 0.510. The molecule has 0 fully saturated rings. The summed E-state index contributed by atoms with van der Waals surface area (Å²) in [6, 6.07) is 11.7. The van der Waals surface area contributed by atoms with Crippen molar-refractivity contribution in [2.75, 3.05) is 0 Å². The second kappa shape index (κ2) is 4.15. The summed E-state index contributed by atoms with van der Waals surface area (Å²) in [6.07, 6.45) is 3.58. The van der Waals surface area contributed by atoms with Gasteiger partial charge in [0.25, 0.3) is 0 Å². The Labute approximate surface area is 82.9 Å². The van der Waals surface area contributed by atoms with Gasteiger partial charge >= 0.3 is 82.5 Å². The van der Waals surface area contributed by atoms with Gasteiger partial charge in [0.15, 0.2) is 0 Å². The molecule has 0 unspecified atom stereocenters. The Morgan fingerprint density at radius 1 is 0.769 bits per heavy atom. The number of hydrogen-bond donors (Lipinski definition) is 0. The standard InChI is InChI=1S/2C5H4N.Ni/c2*1-2-4-6-5-3-1;/h2*1-4H;. The average molecular weight is 215 g/mol. The van der Waals surface area contributed by atoms with Gasteiger partial charge in [0.05, 0.1) is 0 Å². The van der Waals surface area contributed by atoms with E-state index in [4.69, 9.17) is 0 Å². The van der Waals surface area contributed by atoms with E-state index >= 15 is 0 Å². The molecule has 0 aliphatic heterocycles. The van der Waals surface area contributed by atoms with E-state index in [0.29, 0.717) is 0 Å². The molecule has 0 radical (unpaired) electrons. The van der Waals surface area contributed by atoms with Crippen molar-refractivity contribution in [3.8, 4) is 0 Å². The van der Waals surface area contributed by atoms with Gasteiger partial charge in [0.2, 0.25) is 0 Å². The normalized spacial score (nSPS) is 10.2. The molecule has 0 N–H and O–H groups in total. The fraction of sp³-hybridized carbons (Fsp3) is 0. The van der Waals surface area contributed by atoms with Gasteiger partial charge in [-0.05, 0) is 0 Å². The second-order valence-electron chi connectivity index (χ2n) is 2.32. The number of hydrogen-bond acceptors (Lipinski definition) is 2. The van der Waals surface area contributed by atoms with E-state index in [-0.39, 0.29) is 0 Å². The molecule has 3 heteroatoms. The van der Waals surface area contributed by atoms with Gasteiger partial charge in [-0.15, -0.1) is 0 Å². The molecule has 13 heavy (non-hydrogen) atoms. The van der Waals surface area contributed by atoms with Crippen molar-refractivity contribution >= 4 is 9.33 Å². The monoisotopic (exact) mass is 214 g/mol. The Morgan fingerprint density at radius 2 is 1.31 bits per heavy atom. The van der Waals surface area contributed by atoms with Crippen LogP contribution in [0.5, 0.6) is 0 Å². The minimum atomic E-state index is 0.994. The summed E-state index contributed by atoms with van der Waals surface area (Å²) < 4.78 is 1.99. The third kappa shape index (κ3) is 2.36. The quantitative estimate of drug-likeness (QED) is 0.682. The van der Waals surface area contributed by atoms with Gasteiger partial charge in [0.1, 0.15) is 0 Å². The number of nitrogens with zero attached hydrogens (tertiary/aromatic N) is 2. The molecule has 0 atom stereocenters. The molecule has 0 saturated carbocycles. The molecule has 0 saturated heterocycles. The van der Waals surface area contributed by atoms with Crippen LogP contribution in [0.1, 0.15) is 0 Å². The van der Waals surface area contributed by atoms with Crippen molar-refractivity contribution < 1.29 is 14.4 Å². The Hall–Kier alpha value is -1.21. The zero-order chi connectivity index (χ0) is 8.93. The molecule has 0 aromatic carbocycles. The van der Waals surface area contributed by atoms with Crippen LogP contribution in [0.4, 0.5) is 0 Å². The topological polar surface area (TPSA) is 25.8 Å². The fourth-order valence-electron chi connectivity index (χ4n) is 0.839. The van der Waals surface area contributed by atoms with Crippen LogP contribution in [0.2, 0.25) is 0 Å². The molecule has 2 aromatic rings. The third-order valence-electron chi connectivity index (χ3n) is 1.38. The van der Waals surface area contributed by atoms with Crippen molar-refractivity contribution in [1.29, 1.82) is 0 Å². The van der Waals surface area contributed by atoms with E-state index in [0.717, 1.165) is 9.33 Å². The van der Waals surface area contributed by atoms with Crippen molar-refractivity contribution in [3.63, 3.8) is 0 Å². The molecular weight excluding hydrogens is 207 g/mol. The van der Waals surface area contributed by atoms with Crippen molar-refractivity contribution in [2.45, 2.75) is 0 Å². The van der Waals surface area contributed by atoms with Gasteiger partial charge in [0, 0.05) is 0 Å². The van der Waals surface area contributed by atoms with Crippen LogP contribution in [-0.2, 0) is 14.4 Å². The molecule has 2 rings (SSSR count). The zero-order valence-electron chi connectivity index (χ0n) is 6.83. The van der Waals surface area contributed by atoms with E-state index in [1.165, 1.54) is 14.4 Å². The first-order valence-corrected chi connectivity index (χ1v) is 4.84. The number of rotatable bonds is 2. The molecule has 68 valence electrons. The number of pyridine rings is 2. The Kier molecular flexibility index (Phi) is 2.68. The summed E-state index contributed by atoms with van der Waals surface area (Å²) in [5.41, 5.74) is 0. The summed E-state index contributed by atoms with van der Waals surface area (Å²) >= 11 is 1.38. The van der Waals surface area contributed by atoms with Crippen molar-refractivity contribution in [1.82, 2.24) is 9.97 Å². The molecular formula is C10H8N2Ni. The second-order valence-corrected chi connectivity index (χ2v) is 3.58. The van der Waals surface area contributed by atoms with Gasteiger partial charge in [-0.1, -0.05) is 0 Å². The van der Waals surface area contributed by atoms with Gasteiger partial charge < -0.3 is 0 Å². The zero-order valence-corrected chi connectivity index (χ0v) is 7.82. The first-order chi connectivity index (χ1) is 6.45. The van der Waals surface area contributed by atoms with Crippen LogP contribution < -0.4 is 9.33 Å². The van der Waals surface area contributed by atoms with Gasteiger partial charge in [-0.3, -0.25) is 0 Å². The summed E-state index contributed by atoms with van der Waals surface area (Å²) in [5, 5.41) is 0. The van der Waals surface area contributed by atoms with Crippen LogP contribution in [0.15, 0.2) is 48.8 Å². The SMILES string of the molecule is c1cc[c]([Ni][c]2ccccn2)nc1. The predicted molar refractivity (Wildman–Crippen MR) is 47.7 cm³/mol. The van der Waals surface area contributed by atoms with Crippen LogP contribution in [0.25, 0.3) is 0 Å². The maximum atomic E-state index is 4.21. The molecule has 0 aliphatic rings. The van der Waals surface area contributed by atoms with Crippen LogP contribution in [-0.4, -0.2) is 9.97 Å².